The summed E-state index contributed by atoms with van der Waals surface area (Å²) in [4.78, 5) is 11.7. The van der Waals surface area contributed by atoms with Gasteiger partial charge in [0.2, 0.25) is 5.91 Å². The summed E-state index contributed by atoms with van der Waals surface area (Å²) < 4.78 is 1.88. The van der Waals surface area contributed by atoms with Crippen molar-refractivity contribution in [2.75, 3.05) is 6.54 Å². The molecule has 1 aromatic heterocycles. The molecule has 1 amide bonds. The minimum absolute atomic E-state index is 0.119. The number of nitrogens with one attached hydrogen (secondary N) is 1. The van der Waals surface area contributed by atoms with Crippen molar-refractivity contribution in [3.8, 4) is 0 Å². The van der Waals surface area contributed by atoms with Crippen molar-refractivity contribution in [2.45, 2.75) is 19.9 Å². The Bertz CT molecular complexity index is 634. The Hall–Kier alpha value is -2.07. The largest absolute Gasteiger partial charge is 0.352 e. The lowest BCUT2D eigenvalue weighted by atomic mass is 10.2. The Balaban J connectivity index is 1.71. The van der Waals surface area contributed by atoms with Crippen LogP contribution in [0.15, 0.2) is 42.6 Å². The molecule has 0 aliphatic heterocycles. The van der Waals surface area contributed by atoms with Crippen LogP contribution in [0.5, 0.6) is 0 Å². The first-order chi connectivity index (χ1) is 10.1. The van der Waals surface area contributed by atoms with E-state index >= 15 is 0 Å². The molecule has 0 aliphatic carbocycles. The molecule has 0 saturated carbocycles. The summed E-state index contributed by atoms with van der Waals surface area (Å²) in [6.45, 7) is 3.37. The van der Waals surface area contributed by atoms with Crippen molar-refractivity contribution in [3.63, 3.8) is 0 Å². The molecule has 2 aromatic rings. The number of aryl methyl sites for hydroxylation is 2. The first-order valence-corrected chi connectivity index (χ1v) is 7.23. The van der Waals surface area contributed by atoms with Crippen molar-refractivity contribution in [2.24, 2.45) is 0 Å². The van der Waals surface area contributed by atoms with Gasteiger partial charge in [-0.15, -0.1) is 0 Å². The summed E-state index contributed by atoms with van der Waals surface area (Å²) in [5.41, 5.74) is 1.84. The highest BCUT2D eigenvalue weighted by Crippen LogP contribution is 2.15. The van der Waals surface area contributed by atoms with Crippen LogP contribution in [0.3, 0.4) is 0 Å². The Morgan fingerprint density at radius 3 is 2.90 bits per heavy atom. The molecule has 0 spiro atoms. The summed E-state index contributed by atoms with van der Waals surface area (Å²) in [6.07, 6.45) is 6.00. The van der Waals surface area contributed by atoms with Crippen LogP contribution in [0.1, 0.15) is 17.7 Å². The number of hydrogen-bond donors (Lipinski definition) is 1. The van der Waals surface area contributed by atoms with Crippen molar-refractivity contribution in [1.82, 2.24) is 15.1 Å². The van der Waals surface area contributed by atoms with Crippen LogP contribution in [-0.4, -0.2) is 22.2 Å². The van der Waals surface area contributed by atoms with E-state index in [0.29, 0.717) is 11.6 Å². The number of aromatic nitrogens is 2. The molecule has 0 radical (unpaired) electrons. The lowest BCUT2D eigenvalue weighted by molar-refractivity contribution is -0.116. The monoisotopic (exact) mass is 303 g/mol. The number of rotatable bonds is 6. The number of amides is 1. The summed E-state index contributed by atoms with van der Waals surface area (Å²) >= 11 is 6.01. The van der Waals surface area contributed by atoms with Gasteiger partial charge >= 0.3 is 0 Å². The third-order valence-corrected chi connectivity index (χ3v) is 3.30. The maximum atomic E-state index is 11.7. The summed E-state index contributed by atoms with van der Waals surface area (Å²) in [6, 6.07) is 9.37. The fraction of sp³-hybridized carbons (Fsp3) is 0.250. The van der Waals surface area contributed by atoms with Gasteiger partial charge in [0.15, 0.2) is 0 Å². The van der Waals surface area contributed by atoms with Gasteiger partial charge in [-0.25, -0.2) is 0 Å². The second-order valence-corrected chi connectivity index (χ2v) is 5.13. The quantitative estimate of drug-likeness (QED) is 0.658. The SMILES string of the molecule is Cc1ccn(CCCNC(=O)/C=C/c2ccccc2Cl)n1. The van der Waals surface area contributed by atoms with Gasteiger partial charge in [0.05, 0.1) is 5.69 Å². The summed E-state index contributed by atoms with van der Waals surface area (Å²) in [5.74, 6) is -0.119. The average molecular weight is 304 g/mol. The third kappa shape index (κ3) is 5.08. The number of carbonyl (C=O) groups excluding carboxylic acids is 1. The summed E-state index contributed by atoms with van der Waals surface area (Å²) in [7, 11) is 0. The van der Waals surface area contributed by atoms with Crippen LogP contribution in [0.4, 0.5) is 0 Å². The van der Waals surface area contributed by atoms with Crippen LogP contribution in [0, 0.1) is 6.92 Å². The van der Waals surface area contributed by atoms with Gasteiger partial charge in [-0.3, -0.25) is 9.48 Å². The first kappa shape index (κ1) is 15.3. The molecule has 0 unspecified atom stereocenters. The standard InChI is InChI=1S/C16H18ClN3O/c1-13-9-12-20(19-13)11-4-10-18-16(21)8-7-14-5-2-3-6-15(14)17/h2-3,5-9,12H,4,10-11H2,1H3,(H,18,21)/b8-7+. The lowest BCUT2D eigenvalue weighted by Gasteiger charge is -2.03. The van der Waals surface area contributed by atoms with E-state index in [9.17, 15) is 4.79 Å². The number of benzene rings is 1. The molecule has 2 rings (SSSR count). The van der Waals surface area contributed by atoms with E-state index in [1.54, 1.807) is 12.1 Å². The van der Waals surface area contributed by atoms with Crippen molar-refractivity contribution in [3.05, 3.63) is 58.9 Å². The Morgan fingerprint density at radius 2 is 2.19 bits per heavy atom. The number of hydrogen-bond acceptors (Lipinski definition) is 2. The molecular weight excluding hydrogens is 286 g/mol. The van der Waals surface area contributed by atoms with Gasteiger partial charge in [0, 0.05) is 30.4 Å². The maximum Gasteiger partial charge on any atom is 0.244 e. The minimum atomic E-state index is -0.119. The van der Waals surface area contributed by atoms with Gasteiger partial charge in [0.1, 0.15) is 0 Å². The number of halogens is 1. The van der Waals surface area contributed by atoms with Crippen molar-refractivity contribution < 1.29 is 4.79 Å². The molecule has 0 aliphatic rings. The number of carbonyl (C=O) groups is 1. The minimum Gasteiger partial charge on any atom is -0.352 e. The van der Waals surface area contributed by atoms with Gasteiger partial charge in [-0.1, -0.05) is 29.8 Å². The fourth-order valence-corrected chi connectivity index (χ4v) is 2.07. The molecule has 0 saturated heterocycles. The zero-order valence-electron chi connectivity index (χ0n) is 11.9. The van der Waals surface area contributed by atoms with Crippen LogP contribution < -0.4 is 5.32 Å². The highest BCUT2D eigenvalue weighted by molar-refractivity contribution is 6.32. The smallest absolute Gasteiger partial charge is 0.244 e. The predicted octanol–water partition coefficient (Wildman–Crippen LogP) is 3.06. The Labute approximate surface area is 129 Å². The van der Waals surface area contributed by atoms with E-state index < -0.39 is 0 Å². The zero-order valence-corrected chi connectivity index (χ0v) is 12.7. The molecule has 0 bridgehead atoms. The Kier molecular flexibility index (Phi) is 5.58. The Morgan fingerprint density at radius 1 is 1.38 bits per heavy atom. The van der Waals surface area contributed by atoms with E-state index in [1.807, 2.05) is 42.1 Å². The topological polar surface area (TPSA) is 46.9 Å². The van der Waals surface area contributed by atoms with Gasteiger partial charge in [-0.2, -0.15) is 5.10 Å². The maximum absolute atomic E-state index is 11.7. The van der Waals surface area contributed by atoms with E-state index in [1.165, 1.54) is 6.08 Å². The molecule has 4 nitrogen and oxygen atoms in total. The molecule has 21 heavy (non-hydrogen) atoms. The van der Waals surface area contributed by atoms with Crippen LogP contribution >= 0.6 is 11.6 Å². The van der Waals surface area contributed by atoms with Gasteiger partial charge < -0.3 is 5.32 Å². The molecule has 5 heteroatoms. The van der Waals surface area contributed by atoms with E-state index in [0.717, 1.165) is 24.2 Å². The average Bonchev–Trinajstić information content (AvgIpc) is 2.88. The lowest BCUT2D eigenvalue weighted by Crippen LogP contribution is -2.23. The highest BCUT2D eigenvalue weighted by atomic mass is 35.5. The van der Waals surface area contributed by atoms with Crippen molar-refractivity contribution in [1.29, 1.82) is 0 Å². The highest BCUT2D eigenvalue weighted by Gasteiger charge is 1.98. The van der Waals surface area contributed by atoms with E-state index in [2.05, 4.69) is 10.4 Å². The van der Waals surface area contributed by atoms with E-state index in [4.69, 9.17) is 11.6 Å². The van der Waals surface area contributed by atoms with Crippen LogP contribution in [0.25, 0.3) is 6.08 Å². The zero-order chi connectivity index (χ0) is 15.1. The molecule has 1 aromatic carbocycles. The van der Waals surface area contributed by atoms with Gasteiger partial charge in [0.25, 0.3) is 0 Å². The molecule has 1 heterocycles. The van der Waals surface area contributed by atoms with Gasteiger partial charge in [-0.05, 0) is 37.1 Å². The van der Waals surface area contributed by atoms with Crippen LogP contribution in [-0.2, 0) is 11.3 Å². The second-order valence-electron chi connectivity index (χ2n) is 4.72. The van der Waals surface area contributed by atoms with E-state index in [-0.39, 0.29) is 5.91 Å². The normalized spacial score (nSPS) is 11.0. The predicted molar refractivity (Wildman–Crippen MR) is 85.1 cm³/mol. The fourth-order valence-electron chi connectivity index (χ4n) is 1.88. The summed E-state index contributed by atoms with van der Waals surface area (Å²) in [5, 5.41) is 7.76. The van der Waals surface area contributed by atoms with Crippen LogP contribution in [0.2, 0.25) is 5.02 Å². The third-order valence-electron chi connectivity index (χ3n) is 2.96. The van der Waals surface area contributed by atoms with Crippen molar-refractivity contribution >= 4 is 23.6 Å². The number of nitrogens with zero attached hydrogens (tertiary/aromatic N) is 2. The second kappa shape index (κ2) is 7.64. The molecule has 1 N–H and O–H groups in total. The molecule has 0 atom stereocenters. The molecular formula is C16H18ClN3O. The molecule has 0 fully saturated rings. The molecule has 110 valence electrons. The first-order valence-electron chi connectivity index (χ1n) is 6.85.